The van der Waals surface area contributed by atoms with Crippen molar-refractivity contribution in [2.75, 3.05) is 16.9 Å². The molecule has 0 aliphatic heterocycles. The maximum atomic E-state index is 5.37. The van der Waals surface area contributed by atoms with Crippen LogP contribution >= 0.6 is 0 Å². The summed E-state index contributed by atoms with van der Waals surface area (Å²) in [7, 11) is 0. The highest BCUT2D eigenvalue weighted by molar-refractivity contribution is 5.49. The van der Waals surface area contributed by atoms with Crippen LogP contribution in [0.1, 0.15) is 38.2 Å². The highest BCUT2D eigenvalue weighted by Crippen LogP contribution is 2.28. The van der Waals surface area contributed by atoms with Crippen LogP contribution in [0.4, 0.5) is 11.8 Å². The van der Waals surface area contributed by atoms with E-state index in [1.165, 1.54) is 25.7 Å². The van der Waals surface area contributed by atoms with E-state index in [2.05, 4.69) is 27.2 Å². The Balaban J connectivity index is 2.28. The molecule has 1 heterocycles. The quantitative estimate of drug-likeness (QED) is 0.615. The minimum Gasteiger partial charge on any atom is -0.354 e. The Kier molecular flexibility index (Phi) is 3.78. The Morgan fingerprint density at radius 1 is 1.47 bits per heavy atom. The molecule has 5 heteroatoms. The fourth-order valence-electron chi connectivity index (χ4n) is 2.59. The number of aromatic nitrogens is 2. The van der Waals surface area contributed by atoms with E-state index in [1.807, 2.05) is 13.1 Å². The van der Waals surface area contributed by atoms with Gasteiger partial charge in [0.25, 0.3) is 0 Å². The molecule has 1 saturated carbocycles. The number of hydrazine groups is 1. The first-order valence-electron chi connectivity index (χ1n) is 6.33. The van der Waals surface area contributed by atoms with Crippen molar-refractivity contribution < 1.29 is 0 Å². The Hall–Kier alpha value is -1.36. The van der Waals surface area contributed by atoms with Gasteiger partial charge >= 0.3 is 0 Å². The van der Waals surface area contributed by atoms with Gasteiger partial charge in [0, 0.05) is 24.3 Å². The number of aryl methyl sites for hydroxylation is 1. The minimum absolute atomic E-state index is 0.488. The Bertz CT molecular complexity index is 373. The van der Waals surface area contributed by atoms with Crippen molar-refractivity contribution in [3.05, 3.63) is 11.8 Å². The first kappa shape index (κ1) is 12.1. The van der Waals surface area contributed by atoms with E-state index < -0.39 is 0 Å². The number of nitrogens with two attached hydrogens (primary N) is 1. The SMILES string of the molecule is CCN(c1nc(NN)ncc1C)C1CCCC1. The molecule has 94 valence electrons. The first-order valence-corrected chi connectivity index (χ1v) is 6.33. The van der Waals surface area contributed by atoms with Crippen LogP contribution in [-0.4, -0.2) is 22.6 Å². The van der Waals surface area contributed by atoms with Crippen LogP contribution in [0.15, 0.2) is 6.20 Å². The van der Waals surface area contributed by atoms with E-state index in [1.54, 1.807) is 0 Å². The predicted octanol–water partition coefficient (Wildman–Crippen LogP) is 1.84. The van der Waals surface area contributed by atoms with Crippen LogP contribution in [0, 0.1) is 6.92 Å². The van der Waals surface area contributed by atoms with Gasteiger partial charge in [-0.1, -0.05) is 12.8 Å². The maximum Gasteiger partial charge on any atom is 0.239 e. The summed E-state index contributed by atoms with van der Waals surface area (Å²) in [5, 5.41) is 0. The standard InChI is InChI=1S/C12H21N5/c1-3-17(10-6-4-5-7-10)11-9(2)8-14-12(15-11)16-13/h8,10H,3-7,13H2,1-2H3,(H,14,15,16). The summed E-state index contributed by atoms with van der Waals surface area (Å²) >= 11 is 0. The zero-order valence-corrected chi connectivity index (χ0v) is 10.6. The first-order chi connectivity index (χ1) is 8.26. The topological polar surface area (TPSA) is 67.1 Å². The van der Waals surface area contributed by atoms with E-state index in [0.717, 1.165) is 17.9 Å². The zero-order chi connectivity index (χ0) is 12.3. The summed E-state index contributed by atoms with van der Waals surface area (Å²) in [4.78, 5) is 11.0. The number of anilines is 2. The van der Waals surface area contributed by atoms with Crippen molar-refractivity contribution in [3.8, 4) is 0 Å². The molecule has 3 N–H and O–H groups in total. The van der Waals surface area contributed by atoms with Crippen molar-refractivity contribution >= 4 is 11.8 Å². The van der Waals surface area contributed by atoms with Gasteiger partial charge in [-0.25, -0.2) is 10.8 Å². The molecule has 1 aromatic heterocycles. The lowest BCUT2D eigenvalue weighted by Gasteiger charge is -2.30. The fourth-order valence-corrected chi connectivity index (χ4v) is 2.59. The molecule has 0 unspecified atom stereocenters. The predicted molar refractivity (Wildman–Crippen MR) is 69.9 cm³/mol. The van der Waals surface area contributed by atoms with Crippen LogP contribution in [-0.2, 0) is 0 Å². The molecular formula is C12H21N5. The molecule has 0 aromatic carbocycles. The summed E-state index contributed by atoms with van der Waals surface area (Å²) in [5.74, 6) is 6.87. The molecule has 0 spiro atoms. The van der Waals surface area contributed by atoms with Crippen LogP contribution in [0.5, 0.6) is 0 Å². The Labute approximate surface area is 102 Å². The van der Waals surface area contributed by atoms with Gasteiger partial charge in [0.05, 0.1) is 0 Å². The summed E-state index contributed by atoms with van der Waals surface area (Å²) in [6, 6.07) is 0.624. The maximum absolute atomic E-state index is 5.37. The van der Waals surface area contributed by atoms with Crippen LogP contribution in [0.2, 0.25) is 0 Å². The number of nitrogens with zero attached hydrogens (tertiary/aromatic N) is 3. The third-order valence-corrected chi connectivity index (χ3v) is 3.45. The Morgan fingerprint density at radius 3 is 2.76 bits per heavy atom. The van der Waals surface area contributed by atoms with E-state index in [4.69, 9.17) is 5.84 Å². The molecule has 0 saturated heterocycles. The second-order valence-corrected chi connectivity index (χ2v) is 4.57. The van der Waals surface area contributed by atoms with Gasteiger partial charge in [0.2, 0.25) is 5.95 Å². The second-order valence-electron chi connectivity index (χ2n) is 4.57. The summed E-state index contributed by atoms with van der Waals surface area (Å²) < 4.78 is 0. The van der Waals surface area contributed by atoms with Gasteiger partial charge in [-0.05, 0) is 26.7 Å². The van der Waals surface area contributed by atoms with E-state index in [-0.39, 0.29) is 0 Å². The van der Waals surface area contributed by atoms with E-state index >= 15 is 0 Å². The van der Waals surface area contributed by atoms with Gasteiger partial charge in [-0.3, -0.25) is 5.43 Å². The molecule has 5 nitrogen and oxygen atoms in total. The molecular weight excluding hydrogens is 214 g/mol. The number of hydrogen-bond donors (Lipinski definition) is 2. The number of nitrogens with one attached hydrogen (secondary N) is 1. The fraction of sp³-hybridized carbons (Fsp3) is 0.667. The molecule has 1 aromatic rings. The molecule has 0 amide bonds. The monoisotopic (exact) mass is 235 g/mol. The molecule has 1 aliphatic carbocycles. The summed E-state index contributed by atoms with van der Waals surface area (Å²) in [6.07, 6.45) is 7.01. The minimum atomic E-state index is 0.488. The van der Waals surface area contributed by atoms with Gasteiger partial charge in [0.15, 0.2) is 0 Å². The average Bonchev–Trinajstić information content (AvgIpc) is 2.86. The molecule has 17 heavy (non-hydrogen) atoms. The molecule has 2 rings (SSSR count). The van der Waals surface area contributed by atoms with Crippen LogP contribution in [0.25, 0.3) is 0 Å². The number of hydrogen-bond acceptors (Lipinski definition) is 5. The van der Waals surface area contributed by atoms with Crippen molar-refractivity contribution in [1.82, 2.24) is 9.97 Å². The highest BCUT2D eigenvalue weighted by Gasteiger charge is 2.23. The number of nitrogen functional groups attached to an aromatic ring is 1. The average molecular weight is 235 g/mol. The van der Waals surface area contributed by atoms with Crippen molar-refractivity contribution in [2.45, 2.75) is 45.6 Å². The Morgan fingerprint density at radius 2 is 2.18 bits per heavy atom. The lowest BCUT2D eigenvalue weighted by molar-refractivity contribution is 0.611. The lowest BCUT2D eigenvalue weighted by Crippen LogP contribution is -2.34. The van der Waals surface area contributed by atoms with Crippen LogP contribution in [0.3, 0.4) is 0 Å². The largest absolute Gasteiger partial charge is 0.354 e. The summed E-state index contributed by atoms with van der Waals surface area (Å²) in [6.45, 7) is 5.20. The smallest absolute Gasteiger partial charge is 0.239 e. The molecule has 0 radical (unpaired) electrons. The van der Waals surface area contributed by atoms with Crippen molar-refractivity contribution in [2.24, 2.45) is 5.84 Å². The molecule has 1 fully saturated rings. The molecule has 0 bridgehead atoms. The van der Waals surface area contributed by atoms with Gasteiger partial charge in [-0.2, -0.15) is 4.98 Å². The van der Waals surface area contributed by atoms with Gasteiger partial charge < -0.3 is 4.90 Å². The van der Waals surface area contributed by atoms with Gasteiger partial charge in [0.1, 0.15) is 5.82 Å². The van der Waals surface area contributed by atoms with Crippen molar-refractivity contribution in [1.29, 1.82) is 0 Å². The van der Waals surface area contributed by atoms with Gasteiger partial charge in [-0.15, -0.1) is 0 Å². The molecule has 1 aliphatic rings. The molecule has 0 atom stereocenters. The third-order valence-electron chi connectivity index (χ3n) is 3.45. The van der Waals surface area contributed by atoms with Crippen molar-refractivity contribution in [3.63, 3.8) is 0 Å². The third kappa shape index (κ3) is 2.49. The zero-order valence-electron chi connectivity index (χ0n) is 10.6. The summed E-state index contributed by atoms with van der Waals surface area (Å²) in [5.41, 5.74) is 3.62. The van der Waals surface area contributed by atoms with E-state index in [9.17, 15) is 0 Å². The normalized spacial score (nSPS) is 16.2. The van der Waals surface area contributed by atoms with Crippen LogP contribution < -0.4 is 16.2 Å². The second kappa shape index (κ2) is 5.31. The van der Waals surface area contributed by atoms with E-state index in [0.29, 0.717) is 12.0 Å². The lowest BCUT2D eigenvalue weighted by atomic mass is 10.2. The highest BCUT2D eigenvalue weighted by atomic mass is 15.3. The number of rotatable bonds is 4.